The number of hydrogen-bond acceptors (Lipinski definition) is 4. The minimum absolute atomic E-state index is 0.0392. The number of rotatable bonds is 7. The van der Waals surface area contributed by atoms with Crippen molar-refractivity contribution >= 4 is 5.91 Å². The summed E-state index contributed by atoms with van der Waals surface area (Å²) in [6.07, 6.45) is 0.926. The summed E-state index contributed by atoms with van der Waals surface area (Å²) in [5.74, 6) is -0.0392. The van der Waals surface area contributed by atoms with E-state index in [0.29, 0.717) is 26.1 Å². The molecule has 1 aliphatic heterocycles. The first-order chi connectivity index (χ1) is 10.2. The molecule has 2 rings (SSSR count). The fourth-order valence-corrected chi connectivity index (χ4v) is 2.40. The van der Waals surface area contributed by atoms with E-state index in [1.165, 1.54) is 0 Å². The van der Waals surface area contributed by atoms with Gasteiger partial charge in [-0.3, -0.25) is 4.79 Å². The van der Waals surface area contributed by atoms with E-state index in [1.54, 1.807) is 0 Å². The number of β-amino-alcohol motifs (C(OH)–C–C–N with tert-alkyl or cyclic N) is 1. The molecule has 0 radical (unpaired) electrons. The second-order valence-electron chi connectivity index (χ2n) is 5.42. The van der Waals surface area contributed by atoms with Gasteiger partial charge in [-0.25, -0.2) is 0 Å². The molecule has 0 saturated carbocycles. The molecule has 0 aliphatic carbocycles. The lowest BCUT2D eigenvalue weighted by Crippen LogP contribution is -2.40. The number of ether oxygens (including phenoxy) is 1. The van der Waals surface area contributed by atoms with Crippen LogP contribution in [0, 0.1) is 0 Å². The predicted octanol–water partition coefficient (Wildman–Crippen LogP) is 0.993. The number of nitrogens with one attached hydrogen (secondary N) is 2. The highest BCUT2D eigenvalue weighted by Crippen LogP contribution is 2.15. The number of carbonyl (C=O) groups is 1. The van der Waals surface area contributed by atoms with E-state index in [1.807, 2.05) is 37.3 Å². The average molecular weight is 292 g/mol. The highest BCUT2D eigenvalue weighted by molar-refractivity contribution is 5.82. The van der Waals surface area contributed by atoms with Crippen LogP contribution in [0.2, 0.25) is 0 Å². The van der Waals surface area contributed by atoms with Crippen LogP contribution < -0.4 is 10.6 Å². The van der Waals surface area contributed by atoms with Crippen LogP contribution in [0.25, 0.3) is 0 Å². The summed E-state index contributed by atoms with van der Waals surface area (Å²) >= 11 is 0. The summed E-state index contributed by atoms with van der Waals surface area (Å²) in [5.41, 5.74) is 1.16. The molecule has 1 aromatic carbocycles. The van der Waals surface area contributed by atoms with Gasteiger partial charge in [0.15, 0.2) is 0 Å². The van der Waals surface area contributed by atoms with Gasteiger partial charge in [-0.1, -0.05) is 30.3 Å². The zero-order valence-corrected chi connectivity index (χ0v) is 12.4. The van der Waals surface area contributed by atoms with Gasteiger partial charge in [0.25, 0.3) is 0 Å². The molecule has 0 spiro atoms. The van der Waals surface area contributed by atoms with E-state index < -0.39 is 6.10 Å². The van der Waals surface area contributed by atoms with Crippen molar-refractivity contribution in [2.45, 2.75) is 38.0 Å². The third kappa shape index (κ3) is 5.12. The van der Waals surface area contributed by atoms with Crippen molar-refractivity contribution in [3.05, 3.63) is 35.9 Å². The fourth-order valence-electron chi connectivity index (χ4n) is 2.40. The van der Waals surface area contributed by atoms with Crippen molar-refractivity contribution in [2.24, 2.45) is 0 Å². The van der Waals surface area contributed by atoms with E-state index in [0.717, 1.165) is 12.0 Å². The van der Waals surface area contributed by atoms with Crippen LogP contribution in [0.1, 0.15) is 31.4 Å². The highest BCUT2D eigenvalue weighted by Gasteiger charge is 2.27. The lowest BCUT2D eigenvalue weighted by atomic mass is 10.1. The second kappa shape index (κ2) is 8.12. The molecule has 1 saturated heterocycles. The third-order valence-electron chi connectivity index (χ3n) is 3.68. The number of hydrogen-bond donors (Lipinski definition) is 3. The zero-order chi connectivity index (χ0) is 15.1. The second-order valence-corrected chi connectivity index (χ2v) is 5.42. The van der Waals surface area contributed by atoms with E-state index in [4.69, 9.17) is 4.74 Å². The van der Waals surface area contributed by atoms with Crippen molar-refractivity contribution in [3.8, 4) is 0 Å². The molecular weight excluding hydrogens is 268 g/mol. The molecule has 5 nitrogen and oxygen atoms in total. The van der Waals surface area contributed by atoms with Crippen molar-refractivity contribution in [2.75, 3.05) is 19.7 Å². The Hall–Kier alpha value is -1.43. The Bertz CT molecular complexity index is 438. The first-order valence-electron chi connectivity index (χ1n) is 7.52. The van der Waals surface area contributed by atoms with Gasteiger partial charge in [0.1, 0.15) is 0 Å². The molecule has 0 bridgehead atoms. The molecule has 1 aliphatic rings. The SMILES string of the molecule is CC(OCCCNC(=O)C1CC(O)CN1)c1ccccc1. The van der Waals surface area contributed by atoms with Crippen LogP contribution in [0.3, 0.4) is 0 Å². The minimum Gasteiger partial charge on any atom is -0.392 e. The van der Waals surface area contributed by atoms with Gasteiger partial charge >= 0.3 is 0 Å². The minimum atomic E-state index is -0.407. The molecular formula is C16H24N2O3. The topological polar surface area (TPSA) is 70.6 Å². The van der Waals surface area contributed by atoms with Gasteiger partial charge in [-0.2, -0.15) is 0 Å². The quantitative estimate of drug-likeness (QED) is 0.656. The molecule has 3 unspecified atom stereocenters. The zero-order valence-electron chi connectivity index (χ0n) is 12.4. The molecule has 1 heterocycles. The monoisotopic (exact) mass is 292 g/mol. The maximum absolute atomic E-state index is 11.8. The lowest BCUT2D eigenvalue weighted by molar-refractivity contribution is -0.123. The van der Waals surface area contributed by atoms with E-state index in [-0.39, 0.29) is 18.1 Å². The summed E-state index contributed by atoms with van der Waals surface area (Å²) in [7, 11) is 0. The van der Waals surface area contributed by atoms with Crippen LogP contribution in [0.15, 0.2) is 30.3 Å². The van der Waals surface area contributed by atoms with Crippen LogP contribution >= 0.6 is 0 Å². The van der Waals surface area contributed by atoms with Crippen LogP contribution in [-0.2, 0) is 9.53 Å². The maximum Gasteiger partial charge on any atom is 0.237 e. The molecule has 1 fully saturated rings. The predicted molar refractivity (Wildman–Crippen MR) is 80.9 cm³/mol. The van der Waals surface area contributed by atoms with Crippen LogP contribution in [0.5, 0.6) is 0 Å². The fraction of sp³-hybridized carbons (Fsp3) is 0.562. The molecule has 21 heavy (non-hydrogen) atoms. The summed E-state index contributed by atoms with van der Waals surface area (Å²) in [6, 6.07) is 9.81. The normalized spacial score (nSPS) is 23.0. The maximum atomic E-state index is 11.8. The first-order valence-corrected chi connectivity index (χ1v) is 7.52. The van der Waals surface area contributed by atoms with Crippen molar-refractivity contribution in [3.63, 3.8) is 0 Å². The summed E-state index contributed by atoms with van der Waals surface area (Å²) in [4.78, 5) is 11.8. The van der Waals surface area contributed by atoms with Crippen LogP contribution in [-0.4, -0.2) is 42.9 Å². The van der Waals surface area contributed by atoms with E-state index in [9.17, 15) is 9.90 Å². The molecule has 3 N–H and O–H groups in total. The Morgan fingerprint density at radius 1 is 1.48 bits per heavy atom. The Kier molecular flexibility index (Phi) is 6.17. The summed E-state index contributed by atoms with van der Waals surface area (Å²) in [5, 5.41) is 15.2. The number of carbonyl (C=O) groups excluding carboxylic acids is 1. The molecule has 116 valence electrons. The largest absolute Gasteiger partial charge is 0.392 e. The lowest BCUT2D eigenvalue weighted by Gasteiger charge is -2.14. The Morgan fingerprint density at radius 2 is 2.24 bits per heavy atom. The smallest absolute Gasteiger partial charge is 0.237 e. The molecule has 5 heteroatoms. The molecule has 1 amide bonds. The number of benzene rings is 1. The van der Waals surface area contributed by atoms with E-state index in [2.05, 4.69) is 10.6 Å². The molecule has 0 aromatic heterocycles. The first kappa shape index (κ1) is 15.9. The number of aliphatic hydroxyl groups is 1. The molecule has 1 aromatic rings. The Balaban J connectivity index is 1.57. The average Bonchev–Trinajstić information content (AvgIpc) is 2.94. The van der Waals surface area contributed by atoms with E-state index >= 15 is 0 Å². The van der Waals surface area contributed by atoms with Crippen molar-refractivity contribution in [1.29, 1.82) is 0 Å². The third-order valence-corrected chi connectivity index (χ3v) is 3.68. The summed E-state index contributed by atoms with van der Waals surface area (Å²) in [6.45, 7) is 3.72. The van der Waals surface area contributed by atoms with Crippen molar-refractivity contribution < 1.29 is 14.6 Å². The van der Waals surface area contributed by atoms with Gasteiger partial charge in [0.05, 0.1) is 18.2 Å². The van der Waals surface area contributed by atoms with Crippen molar-refractivity contribution in [1.82, 2.24) is 10.6 Å². The van der Waals surface area contributed by atoms with Crippen LogP contribution in [0.4, 0.5) is 0 Å². The summed E-state index contributed by atoms with van der Waals surface area (Å²) < 4.78 is 5.75. The highest BCUT2D eigenvalue weighted by atomic mass is 16.5. The number of amides is 1. The van der Waals surface area contributed by atoms with Gasteiger partial charge in [0.2, 0.25) is 5.91 Å². The Labute approximate surface area is 125 Å². The van der Waals surface area contributed by atoms with Gasteiger partial charge in [-0.15, -0.1) is 0 Å². The Morgan fingerprint density at radius 3 is 2.90 bits per heavy atom. The standard InChI is InChI=1S/C16H24N2O3/c1-12(13-6-3-2-4-7-13)21-9-5-8-17-16(20)15-10-14(19)11-18-15/h2-4,6-7,12,14-15,18-19H,5,8-11H2,1H3,(H,17,20). The van der Waals surface area contributed by atoms with Gasteiger partial charge < -0.3 is 20.5 Å². The van der Waals surface area contributed by atoms with Gasteiger partial charge in [-0.05, 0) is 25.3 Å². The molecule has 3 atom stereocenters. The van der Waals surface area contributed by atoms with Gasteiger partial charge in [0, 0.05) is 19.7 Å². The number of aliphatic hydroxyl groups excluding tert-OH is 1.